The van der Waals surface area contributed by atoms with Gasteiger partial charge in [-0.05, 0) is 49.3 Å². The van der Waals surface area contributed by atoms with Crippen molar-refractivity contribution in [2.24, 2.45) is 5.41 Å². The van der Waals surface area contributed by atoms with Gasteiger partial charge in [-0.15, -0.1) is 0 Å². The summed E-state index contributed by atoms with van der Waals surface area (Å²) in [6, 6.07) is 8.06. The van der Waals surface area contributed by atoms with Crippen molar-refractivity contribution in [2.75, 3.05) is 11.1 Å². The first-order valence-corrected chi connectivity index (χ1v) is 6.56. The highest BCUT2D eigenvalue weighted by atomic mass is 14.9. The fourth-order valence-electron chi connectivity index (χ4n) is 2.53. The van der Waals surface area contributed by atoms with Crippen molar-refractivity contribution >= 4 is 11.4 Å². The number of hydrogen-bond donors (Lipinski definition) is 2. The van der Waals surface area contributed by atoms with E-state index < -0.39 is 0 Å². The van der Waals surface area contributed by atoms with Gasteiger partial charge in [0.2, 0.25) is 0 Å². The largest absolute Gasteiger partial charge is 0.397 e. The van der Waals surface area contributed by atoms with E-state index >= 15 is 0 Å². The topological polar surface area (TPSA) is 61.8 Å². The Morgan fingerprint density at radius 1 is 1.33 bits per heavy atom. The van der Waals surface area contributed by atoms with Gasteiger partial charge in [-0.1, -0.05) is 13.8 Å². The van der Waals surface area contributed by atoms with Gasteiger partial charge < -0.3 is 11.1 Å². The Bertz CT molecular complexity index is 461. The van der Waals surface area contributed by atoms with Gasteiger partial charge in [-0.2, -0.15) is 5.26 Å². The number of anilines is 2. The molecule has 0 spiro atoms. The molecule has 2 rings (SSSR count). The summed E-state index contributed by atoms with van der Waals surface area (Å²) < 4.78 is 0. The van der Waals surface area contributed by atoms with Gasteiger partial charge in [0, 0.05) is 6.04 Å². The highest BCUT2D eigenvalue weighted by Crippen LogP contribution is 2.36. The van der Waals surface area contributed by atoms with Crippen LogP contribution in [0.15, 0.2) is 18.2 Å². The van der Waals surface area contributed by atoms with Crippen LogP contribution < -0.4 is 11.1 Å². The molecule has 1 fully saturated rings. The van der Waals surface area contributed by atoms with Gasteiger partial charge in [0.15, 0.2) is 0 Å². The maximum absolute atomic E-state index is 8.81. The number of hydrogen-bond acceptors (Lipinski definition) is 3. The molecule has 3 heteroatoms. The van der Waals surface area contributed by atoms with Gasteiger partial charge in [0.25, 0.3) is 0 Å². The van der Waals surface area contributed by atoms with E-state index in [9.17, 15) is 0 Å². The normalized spacial score (nSPS) is 19.2. The Hall–Kier alpha value is -1.69. The summed E-state index contributed by atoms with van der Waals surface area (Å²) in [4.78, 5) is 0. The van der Waals surface area contributed by atoms with E-state index in [1.54, 1.807) is 6.07 Å². The van der Waals surface area contributed by atoms with Crippen molar-refractivity contribution in [1.82, 2.24) is 0 Å². The van der Waals surface area contributed by atoms with Crippen LogP contribution in [0.5, 0.6) is 0 Å². The maximum atomic E-state index is 8.81. The molecular formula is C15H21N3. The van der Waals surface area contributed by atoms with Gasteiger partial charge in [-0.3, -0.25) is 0 Å². The fraction of sp³-hybridized carbons (Fsp3) is 0.533. The highest BCUT2D eigenvalue weighted by Gasteiger charge is 2.26. The molecule has 1 aromatic rings. The van der Waals surface area contributed by atoms with Crippen molar-refractivity contribution in [3.63, 3.8) is 0 Å². The van der Waals surface area contributed by atoms with E-state index in [1.165, 1.54) is 25.7 Å². The summed E-state index contributed by atoms with van der Waals surface area (Å²) in [7, 11) is 0. The predicted octanol–water partition coefficient (Wildman–Crippen LogP) is 3.52. The van der Waals surface area contributed by atoms with Crippen molar-refractivity contribution in [3.05, 3.63) is 23.8 Å². The number of rotatable bonds is 2. The zero-order valence-electron chi connectivity index (χ0n) is 11.2. The molecule has 96 valence electrons. The minimum atomic E-state index is 0.481. The Kier molecular flexibility index (Phi) is 3.47. The first kappa shape index (κ1) is 12.8. The van der Waals surface area contributed by atoms with Crippen molar-refractivity contribution in [1.29, 1.82) is 5.26 Å². The first-order valence-electron chi connectivity index (χ1n) is 6.56. The number of nitrogens with one attached hydrogen (secondary N) is 1. The lowest BCUT2D eigenvalue weighted by Crippen LogP contribution is -2.30. The zero-order valence-corrected chi connectivity index (χ0v) is 11.2. The van der Waals surface area contributed by atoms with E-state index in [4.69, 9.17) is 11.0 Å². The molecule has 18 heavy (non-hydrogen) atoms. The van der Waals surface area contributed by atoms with Crippen LogP contribution in [0.25, 0.3) is 0 Å². The standard InChI is InChI=1S/C15H21N3/c1-15(2)7-5-12(6-8-15)18-14-4-3-11(10-16)9-13(14)17/h3-4,9,12,18H,5-8,17H2,1-2H3. The summed E-state index contributed by atoms with van der Waals surface area (Å²) in [5.74, 6) is 0. The van der Waals surface area contributed by atoms with E-state index in [2.05, 4.69) is 25.2 Å². The smallest absolute Gasteiger partial charge is 0.0992 e. The van der Waals surface area contributed by atoms with Crippen molar-refractivity contribution in [3.8, 4) is 6.07 Å². The molecule has 1 aliphatic carbocycles. The van der Waals surface area contributed by atoms with Crippen LogP contribution in [0.1, 0.15) is 45.1 Å². The third-order valence-corrected chi connectivity index (χ3v) is 3.88. The molecule has 0 aromatic heterocycles. The van der Waals surface area contributed by atoms with Crippen LogP contribution in [0.2, 0.25) is 0 Å². The van der Waals surface area contributed by atoms with E-state index in [1.807, 2.05) is 12.1 Å². The molecule has 3 N–H and O–H groups in total. The van der Waals surface area contributed by atoms with Gasteiger partial charge >= 0.3 is 0 Å². The molecular weight excluding hydrogens is 222 g/mol. The average Bonchev–Trinajstić information content (AvgIpc) is 2.34. The SMILES string of the molecule is CC1(C)CCC(Nc2ccc(C#N)cc2N)CC1. The molecule has 0 atom stereocenters. The average molecular weight is 243 g/mol. The van der Waals surface area contributed by atoms with E-state index in [0.29, 0.717) is 22.7 Å². The van der Waals surface area contributed by atoms with Crippen molar-refractivity contribution < 1.29 is 0 Å². The van der Waals surface area contributed by atoms with Gasteiger partial charge in [-0.25, -0.2) is 0 Å². The number of benzene rings is 1. The van der Waals surface area contributed by atoms with E-state index in [-0.39, 0.29) is 0 Å². The Morgan fingerprint density at radius 2 is 2.00 bits per heavy atom. The minimum Gasteiger partial charge on any atom is -0.397 e. The lowest BCUT2D eigenvalue weighted by atomic mass is 9.75. The molecule has 3 nitrogen and oxygen atoms in total. The van der Waals surface area contributed by atoms with Crippen molar-refractivity contribution in [2.45, 2.75) is 45.6 Å². The first-order chi connectivity index (χ1) is 8.50. The summed E-state index contributed by atoms with van der Waals surface area (Å²) >= 11 is 0. The monoisotopic (exact) mass is 243 g/mol. The van der Waals surface area contributed by atoms with E-state index in [0.717, 1.165) is 5.69 Å². The van der Waals surface area contributed by atoms with Gasteiger partial charge in [0.1, 0.15) is 0 Å². The molecule has 1 aromatic carbocycles. The van der Waals surface area contributed by atoms with Gasteiger partial charge in [0.05, 0.1) is 23.0 Å². The molecule has 0 radical (unpaired) electrons. The van der Waals surface area contributed by atoms with Crippen LogP contribution >= 0.6 is 0 Å². The lowest BCUT2D eigenvalue weighted by Gasteiger charge is -2.35. The Morgan fingerprint density at radius 3 is 2.56 bits per heavy atom. The third kappa shape index (κ3) is 2.95. The lowest BCUT2D eigenvalue weighted by molar-refractivity contribution is 0.232. The van der Waals surface area contributed by atoms with Crippen LogP contribution in [-0.4, -0.2) is 6.04 Å². The summed E-state index contributed by atoms with van der Waals surface area (Å²) in [5, 5.41) is 12.3. The number of nitriles is 1. The van der Waals surface area contributed by atoms with Crippen LogP contribution in [0.3, 0.4) is 0 Å². The van der Waals surface area contributed by atoms with Crippen LogP contribution in [-0.2, 0) is 0 Å². The summed E-state index contributed by atoms with van der Waals surface area (Å²) in [5.41, 5.74) is 8.67. The highest BCUT2D eigenvalue weighted by molar-refractivity contribution is 5.68. The predicted molar refractivity (Wildman–Crippen MR) is 75.2 cm³/mol. The van der Waals surface area contributed by atoms with Crippen LogP contribution in [0, 0.1) is 16.7 Å². The third-order valence-electron chi connectivity index (χ3n) is 3.88. The molecule has 1 aliphatic rings. The molecule has 1 saturated carbocycles. The maximum Gasteiger partial charge on any atom is 0.0992 e. The Balaban J connectivity index is 2.01. The minimum absolute atomic E-state index is 0.481. The fourth-order valence-corrected chi connectivity index (χ4v) is 2.53. The zero-order chi connectivity index (χ0) is 13.2. The summed E-state index contributed by atoms with van der Waals surface area (Å²) in [6.07, 6.45) is 4.88. The molecule has 0 saturated heterocycles. The molecule has 0 unspecified atom stereocenters. The Labute approximate surface area is 109 Å². The second-order valence-corrected chi connectivity index (χ2v) is 6.00. The number of nitrogens with two attached hydrogens (primary N) is 1. The second-order valence-electron chi connectivity index (χ2n) is 6.00. The summed E-state index contributed by atoms with van der Waals surface area (Å²) in [6.45, 7) is 4.67. The molecule has 0 amide bonds. The second kappa shape index (κ2) is 4.89. The van der Waals surface area contributed by atoms with Crippen LogP contribution in [0.4, 0.5) is 11.4 Å². The molecule has 0 aliphatic heterocycles. The molecule has 0 heterocycles. The quantitative estimate of drug-likeness (QED) is 0.781. The molecule has 0 bridgehead atoms. The number of nitrogen functional groups attached to an aromatic ring is 1. The number of nitrogens with zero attached hydrogens (tertiary/aromatic N) is 1.